The molecular weight excluding hydrogens is 431 g/mol. The number of methoxy groups -OCH3 is 2. The molecule has 1 saturated heterocycles. The highest BCUT2D eigenvalue weighted by Crippen LogP contribution is 2.31. The summed E-state index contributed by atoms with van der Waals surface area (Å²) in [6, 6.07) is 4.04. The van der Waals surface area contributed by atoms with Gasteiger partial charge in [0, 0.05) is 16.2 Å². The molecule has 1 heterocycles. The van der Waals surface area contributed by atoms with Crippen LogP contribution in [0.15, 0.2) is 12.1 Å². The molecule has 1 N–H and O–H groups in total. The fourth-order valence-electron chi connectivity index (χ4n) is 3.28. The van der Waals surface area contributed by atoms with Gasteiger partial charge in [-0.2, -0.15) is 0 Å². The summed E-state index contributed by atoms with van der Waals surface area (Å²) in [5.74, 6) is 1.17. The van der Waals surface area contributed by atoms with Gasteiger partial charge in [-0.05, 0) is 67.1 Å². The number of carbonyl (C=O) groups is 1. The minimum absolute atomic E-state index is 0.0497. The Bertz CT molecular complexity index is 580. The molecule has 1 aliphatic heterocycles. The molecule has 0 aliphatic carbocycles. The van der Waals surface area contributed by atoms with Crippen LogP contribution < -0.4 is 14.8 Å². The van der Waals surface area contributed by atoms with Crippen LogP contribution in [-0.2, 0) is 0 Å². The Morgan fingerprint density at radius 3 is 2.68 bits per heavy atom. The molecule has 0 bridgehead atoms. The summed E-state index contributed by atoms with van der Waals surface area (Å²) < 4.78 is 11.5. The van der Waals surface area contributed by atoms with Gasteiger partial charge in [0.1, 0.15) is 0 Å². The molecule has 1 aromatic rings. The summed E-state index contributed by atoms with van der Waals surface area (Å²) in [5.41, 5.74) is 0.633. The van der Waals surface area contributed by atoms with E-state index in [9.17, 15) is 4.79 Å². The minimum Gasteiger partial charge on any atom is -0.493 e. The molecule has 1 unspecified atom stereocenters. The van der Waals surface area contributed by atoms with E-state index in [1.807, 2.05) is 6.07 Å². The zero-order chi connectivity index (χ0) is 18.2. The number of halogens is 1. The van der Waals surface area contributed by atoms with Crippen molar-refractivity contribution in [1.29, 1.82) is 0 Å². The second kappa shape index (κ2) is 10.2. The van der Waals surface area contributed by atoms with Crippen LogP contribution in [-0.4, -0.2) is 50.7 Å². The normalized spacial score (nSPS) is 18.0. The summed E-state index contributed by atoms with van der Waals surface area (Å²) in [5, 5.41) is 3.12. The Labute approximate surface area is 164 Å². The van der Waals surface area contributed by atoms with Gasteiger partial charge in [-0.1, -0.05) is 19.8 Å². The first-order valence-corrected chi connectivity index (χ1v) is 10.1. The Hall–Kier alpha value is -1.02. The molecule has 1 atom stereocenters. The molecule has 0 spiro atoms. The monoisotopic (exact) mass is 460 g/mol. The van der Waals surface area contributed by atoms with Gasteiger partial charge in [0.2, 0.25) is 0 Å². The number of nitrogens with one attached hydrogen (secondary N) is 1. The second-order valence-corrected chi connectivity index (χ2v) is 7.60. The molecule has 6 heteroatoms. The van der Waals surface area contributed by atoms with E-state index >= 15 is 0 Å². The topological polar surface area (TPSA) is 50.8 Å². The quantitative estimate of drug-likeness (QED) is 0.602. The van der Waals surface area contributed by atoms with E-state index in [1.165, 1.54) is 25.7 Å². The standard InChI is InChI=1S/C19H29IN2O3/c1-4-5-9-22-10-7-6-8-14(22)13-21-19(23)15-11-17(24-2)18(25-3)12-16(15)20/h11-12,14H,4-10,13H2,1-3H3,(H,21,23). The van der Waals surface area contributed by atoms with Crippen molar-refractivity contribution in [2.45, 2.75) is 45.1 Å². The van der Waals surface area contributed by atoms with E-state index in [4.69, 9.17) is 9.47 Å². The first-order chi connectivity index (χ1) is 12.1. The van der Waals surface area contributed by atoms with Crippen molar-refractivity contribution in [3.8, 4) is 11.5 Å². The van der Waals surface area contributed by atoms with E-state index in [2.05, 4.69) is 39.7 Å². The van der Waals surface area contributed by atoms with Crippen molar-refractivity contribution in [3.05, 3.63) is 21.3 Å². The summed E-state index contributed by atoms with van der Waals surface area (Å²) in [6.07, 6.45) is 6.10. The largest absolute Gasteiger partial charge is 0.493 e. The van der Waals surface area contributed by atoms with Crippen LogP contribution in [0, 0.1) is 3.57 Å². The van der Waals surface area contributed by atoms with Gasteiger partial charge < -0.3 is 14.8 Å². The third-order valence-electron chi connectivity index (χ3n) is 4.76. The van der Waals surface area contributed by atoms with Gasteiger partial charge in [0.05, 0.1) is 19.8 Å². The lowest BCUT2D eigenvalue weighted by molar-refractivity contribution is 0.0911. The number of piperidine rings is 1. The minimum atomic E-state index is -0.0497. The van der Waals surface area contributed by atoms with Crippen molar-refractivity contribution in [2.75, 3.05) is 33.9 Å². The van der Waals surface area contributed by atoms with E-state index < -0.39 is 0 Å². The maximum Gasteiger partial charge on any atom is 0.252 e. The predicted octanol–water partition coefficient (Wildman–Crippen LogP) is 3.69. The van der Waals surface area contributed by atoms with Gasteiger partial charge in [0.25, 0.3) is 5.91 Å². The molecule has 5 nitrogen and oxygen atoms in total. The third-order valence-corrected chi connectivity index (χ3v) is 5.66. The molecule has 0 radical (unpaired) electrons. The smallest absolute Gasteiger partial charge is 0.252 e. The van der Waals surface area contributed by atoms with Crippen LogP contribution in [0.25, 0.3) is 0 Å². The molecule has 0 aromatic heterocycles. The van der Waals surface area contributed by atoms with E-state index in [0.717, 1.165) is 23.1 Å². The average molecular weight is 460 g/mol. The lowest BCUT2D eigenvalue weighted by Gasteiger charge is -2.35. The second-order valence-electron chi connectivity index (χ2n) is 6.44. The SMILES string of the molecule is CCCCN1CCCCC1CNC(=O)c1cc(OC)c(OC)cc1I. The van der Waals surface area contributed by atoms with Crippen molar-refractivity contribution >= 4 is 28.5 Å². The van der Waals surface area contributed by atoms with Gasteiger partial charge in [-0.25, -0.2) is 0 Å². The van der Waals surface area contributed by atoms with Crippen molar-refractivity contribution in [2.24, 2.45) is 0 Å². The first kappa shape index (κ1) is 20.3. The lowest BCUT2D eigenvalue weighted by Crippen LogP contribution is -2.47. The number of ether oxygens (including phenoxy) is 2. The average Bonchev–Trinajstić information content (AvgIpc) is 2.64. The molecule has 140 valence electrons. The highest BCUT2D eigenvalue weighted by molar-refractivity contribution is 14.1. The van der Waals surface area contributed by atoms with Crippen LogP contribution >= 0.6 is 22.6 Å². The molecule has 2 rings (SSSR count). The predicted molar refractivity (Wildman–Crippen MR) is 109 cm³/mol. The van der Waals surface area contributed by atoms with Crippen molar-refractivity contribution in [3.63, 3.8) is 0 Å². The highest BCUT2D eigenvalue weighted by Gasteiger charge is 2.23. The number of unbranched alkanes of at least 4 members (excludes halogenated alkanes) is 1. The number of carbonyl (C=O) groups excluding carboxylic acids is 1. The number of likely N-dealkylation sites (tertiary alicyclic amines) is 1. The van der Waals surface area contributed by atoms with Gasteiger partial charge in [-0.15, -0.1) is 0 Å². The Morgan fingerprint density at radius 1 is 1.28 bits per heavy atom. The molecule has 25 heavy (non-hydrogen) atoms. The Kier molecular flexibility index (Phi) is 8.29. The van der Waals surface area contributed by atoms with Crippen LogP contribution in [0.2, 0.25) is 0 Å². The van der Waals surface area contributed by atoms with E-state index in [-0.39, 0.29) is 5.91 Å². The highest BCUT2D eigenvalue weighted by atomic mass is 127. The third kappa shape index (κ3) is 5.48. The molecular formula is C19H29IN2O3. The van der Waals surface area contributed by atoms with E-state index in [1.54, 1.807) is 20.3 Å². The number of hydrogen-bond donors (Lipinski definition) is 1. The summed E-state index contributed by atoms with van der Waals surface area (Å²) in [4.78, 5) is 15.2. The number of rotatable bonds is 8. The van der Waals surface area contributed by atoms with Gasteiger partial charge in [0.15, 0.2) is 11.5 Å². The molecule has 0 saturated carbocycles. The first-order valence-electron chi connectivity index (χ1n) is 9.04. The van der Waals surface area contributed by atoms with Crippen LogP contribution in [0.3, 0.4) is 0 Å². The van der Waals surface area contributed by atoms with Crippen molar-refractivity contribution in [1.82, 2.24) is 10.2 Å². The number of benzene rings is 1. The number of amides is 1. The molecule has 1 aliphatic rings. The molecule has 1 fully saturated rings. The van der Waals surface area contributed by atoms with Crippen molar-refractivity contribution < 1.29 is 14.3 Å². The van der Waals surface area contributed by atoms with Crippen LogP contribution in [0.1, 0.15) is 49.4 Å². The Morgan fingerprint density at radius 2 is 2.00 bits per heavy atom. The molecule has 1 aromatic carbocycles. The maximum atomic E-state index is 12.7. The lowest BCUT2D eigenvalue weighted by atomic mass is 10.0. The van der Waals surface area contributed by atoms with E-state index in [0.29, 0.717) is 29.6 Å². The Balaban J connectivity index is 2.01. The van der Waals surface area contributed by atoms with Gasteiger partial charge >= 0.3 is 0 Å². The molecule has 1 amide bonds. The summed E-state index contributed by atoms with van der Waals surface area (Å²) >= 11 is 2.17. The number of nitrogens with zero attached hydrogens (tertiary/aromatic N) is 1. The zero-order valence-corrected chi connectivity index (χ0v) is 17.6. The number of hydrogen-bond acceptors (Lipinski definition) is 4. The van der Waals surface area contributed by atoms with Gasteiger partial charge in [-0.3, -0.25) is 9.69 Å². The fourth-order valence-corrected chi connectivity index (χ4v) is 3.96. The van der Waals surface area contributed by atoms with Crippen LogP contribution in [0.5, 0.6) is 11.5 Å². The van der Waals surface area contributed by atoms with Crippen LogP contribution in [0.4, 0.5) is 0 Å². The fraction of sp³-hybridized carbons (Fsp3) is 0.632. The maximum absolute atomic E-state index is 12.7. The zero-order valence-electron chi connectivity index (χ0n) is 15.4. The summed E-state index contributed by atoms with van der Waals surface area (Å²) in [7, 11) is 3.18. The summed E-state index contributed by atoms with van der Waals surface area (Å²) in [6.45, 7) is 5.20.